The molecule has 0 spiro atoms. The van der Waals surface area contributed by atoms with Gasteiger partial charge in [-0.3, -0.25) is 4.79 Å². The first-order valence-electron chi connectivity index (χ1n) is 8.07. The highest BCUT2D eigenvalue weighted by Gasteiger charge is 2.15. The zero-order chi connectivity index (χ0) is 17.8. The highest BCUT2D eigenvalue weighted by Crippen LogP contribution is 2.23. The highest BCUT2D eigenvalue weighted by atomic mass is 35.5. The molecule has 0 radical (unpaired) electrons. The number of anilines is 1. The van der Waals surface area contributed by atoms with E-state index in [4.69, 9.17) is 16.3 Å². The van der Waals surface area contributed by atoms with Crippen molar-refractivity contribution >= 4 is 29.2 Å². The van der Waals surface area contributed by atoms with Crippen LogP contribution in [-0.4, -0.2) is 18.5 Å². The predicted octanol–water partition coefficient (Wildman–Crippen LogP) is 4.15. The van der Waals surface area contributed by atoms with Crippen molar-refractivity contribution in [2.75, 3.05) is 11.9 Å². The maximum atomic E-state index is 13.0. The van der Waals surface area contributed by atoms with Crippen molar-refractivity contribution in [3.63, 3.8) is 0 Å². The number of halogens is 2. The van der Waals surface area contributed by atoms with Gasteiger partial charge in [0.25, 0.3) is 5.91 Å². The molecule has 0 unspecified atom stereocenters. The quantitative estimate of drug-likeness (QED) is 0.832. The highest BCUT2D eigenvalue weighted by molar-refractivity contribution is 6.33. The molecule has 25 heavy (non-hydrogen) atoms. The van der Waals surface area contributed by atoms with Crippen LogP contribution >= 0.6 is 11.6 Å². The Labute approximate surface area is 149 Å². The average molecular weight is 362 g/mol. The molecular formula is C19H17ClFNO3. The number of fused-ring (bicyclic) bond motifs is 1. The van der Waals surface area contributed by atoms with Gasteiger partial charge in [-0.05, 0) is 67.1 Å². The molecule has 1 aliphatic carbocycles. The van der Waals surface area contributed by atoms with Crippen molar-refractivity contribution in [2.24, 2.45) is 0 Å². The summed E-state index contributed by atoms with van der Waals surface area (Å²) >= 11 is 5.84. The third kappa shape index (κ3) is 4.37. The van der Waals surface area contributed by atoms with Gasteiger partial charge in [-0.25, -0.2) is 9.18 Å². The normalized spacial score (nSPS) is 13.0. The van der Waals surface area contributed by atoms with Gasteiger partial charge in [-0.2, -0.15) is 0 Å². The van der Waals surface area contributed by atoms with Gasteiger partial charge in [0.2, 0.25) is 0 Å². The molecule has 2 aromatic carbocycles. The van der Waals surface area contributed by atoms with E-state index < -0.39 is 24.3 Å². The molecule has 4 nitrogen and oxygen atoms in total. The van der Waals surface area contributed by atoms with Crippen LogP contribution in [0.1, 0.15) is 34.3 Å². The van der Waals surface area contributed by atoms with Gasteiger partial charge < -0.3 is 10.1 Å². The van der Waals surface area contributed by atoms with E-state index in [0.29, 0.717) is 5.56 Å². The summed E-state index contributed by atoms with van der Waals surface area (Å²) in [4.78, 5) is 24.0. The standard InChI is InChI=1S/C19H17ClFNO3/c20-16-10-15(21)7-8-17(16)22-18(23)11-25-19(24)14-6-5-12-3-1-2-4-13(12)9-14/h5-10H,1-4,11H2,(H,22,23). The van der Waals surface area contributed by atoms with Crippen LogP contribution in [-0.2, 0) is 22.4 Å². The van der Waals surface area contributed by atoms with E-state index in [-0.39, 0.29) is 10.7 Å². The molecule has 3 rings (SSSR count). The third-order valence-electron chi connectivity index (χ3n) is 4.12. The maximum absolute atomic E-state index is 13.0. The van der Waals surface area contributed by atoms with Crippen LogP contribution in [0.3, 0.4) is 0 Å². The molecule has 0 saturated heterocycles. The number of rotatable bonds is 4. The summed E-state index contributed by atoms with van der Waals surface area (Å²) in [5, 5.41) is 2.56. The number of aryl methyl sites for hydroxylation is 2. The first-order valence-corrected chi connectivity index (χ1v) is 8.44. The third-order valence-corrected chi connectivity index (χ3v) is 4.44. The summed E-state index contributed by atoms with van der Waals surface area (Å²) < 4.78 is 18.0. The maximum Gasteiger partial charge on any atom is 0.338 e. The van der Waals surface area contributed by atoms with Crippen LogP contribution in [0.5, 0.6) is 0 Å². The number of esters is 1. The lowest BCUT2D eigenvalue weighted by molar-refractivity contribution is -0.119. The van der Waals surface area contributed by atoms with E-state index in [1.165, 1.54) is 29.7 Å². The van der Waals surface area contributed by atoms with Gasteiger partial charge in [0.05, 0.1) is 16.3 Å². The predicted molar refractivity (Wildman–Crippen MR) is 93.4 cm³/mol. The first-order chi connectivity index (χ1) is 12.0. The molecule has 0 atom stereocenters. The molecule has 0 fully saturated rings. The fourth-order valence-corrected chi connectivity index (χ4v) is 3.07. The summed E-state index contributed by atoms with van der Waals surface area (Å²) in [6.07, 6.45) is 4.28. The Bertz CT molecular complexity index is 822. The molecule has 0 aromatic heterocycles. The van der Waals surface area contributed by atoms with Crippen LogP contribution in [0, 0.1) is 5.82 Å². The molecule has 1 amide bonds. The fraction of sp³-hybridized carbons (Fsp3) is 0.263. The van der Waals surface area contributed by atoms with Gasteiger partial charge in [-0.1, -0.05) is 17.7 Å². The molecule has 130 valence electrons. The van der Waals surface area contributed by atoms with Crippen molar-refractivity contribution in [1.82, 2.24) is 0 Å². The van der Waals surface area contributed by atoms with Crippen molar-refractivity contribution in [2.45, 2.75) is 25.7 Å². The lowest BCUT2D eigenvalue weighted by Crippen LogP contribution is -2.21. The van der Waals surface area contributed by atoms with E-state index in [9.17, 15) is 14.0 Å². The topological polar surface area (TPSA) is 55.4 Å². The van der Waals surface area contributed by atoms with Crippen LogP contribution in [0.15, 0.2) is 36.4 Å². The van der Waals surface area contributed by atoms with E-state index in [0.717, 1.165) is 25.3 Å². The average Bonchev–Trinajstić information content (AvgIpc) is 2.61. The molecule has 6 heteroatoms. The molecule has 1 N–H and O–H groups in total. The van der Waals surface area contributed by atoms with Gasteiger partial charge in [0, 0.05) is 0 Å². The lowest BCUT2D eigenvalue weighted by atomic mass is 9.90. The second-order valence-corrected chi connectivity index (χ2v) is 6.35. The van der Waals surface area contributed by atoms with Gasteiger partial charge >= 0.3 is 5.97 Å². The number of carbonyl (C=O) groups excluding carboxylic acids is 2. The zero-order valence-electron chi connectivity index (χ0n) is 13.5. The minimum Gasteiger partial charge on any atom is -0.452 e. The van der Waals surface area contributed by atoms with E-state index in [1.807, 2.05) is 12.1 Å². The smallest absolute Gasteiger partial charge is 0.338 e. The Hall–Kier alpha value is -2.40. The SMILES string of the molecule is O=C(COC(=O)c1ccc2c(c1)CCCC2)Nc1ccc(F)cc1Cl. The molecule has 2 aromatic rings. The molecular weight excluding hydrogens is 345 g/mol. The summed E-state index contributed by atoms with van der Waals surface area (Å²) in [6, 6.07) is 9.13. The van der Waals surface area contributed by atoms with Crippen LogP contribution in [0.25, 0.3) is 0 Å². The largest absolute Gasteiger partial charge is 0.452 e. The molecule has 0 aliphatic heterocycles. The van der Waals surface area contributed by atoms with Crippen molar-refractivity contribution in [1.29, 1.82) is 0 Å². The number of ether oxygens (including phenoxy) is 1. The van der Waals surface area contributed by atoms with Crippen molar-refractivity contribution in [3.8, 4) is 0 Å². The van der Waals surface area contributed by atoms with E-state index >= 15 is 0 Å². The monoisotopic (exact) mass is 361 g/mol. The van der Waals surface area contributed by atoms with Gasteiger partial charge in [0.15, 0.2) is 6.61 Å². The summed E-state index contributed by atoms with van der Waals surface area (Å²) in [7, 11) is 0. The van der Waals surface area contributed by atoms with Crippen LogP contribution in [0.4, 0.5) is 10.1 Å². The molecule has 0 saturated carbocycles. The number of carbonyl (C=O) groups is 2. The molecule has 0 bridgehead atoms. The number of benzene rings is 2. The van der Waals surface area contributed by atoms with Crippen LogP contribution < -0.4 is 5.32 Å². The van der Waals surface area contributed by atoms with E-state index in [2.05, 4.69) is 5.32 Å². The molecule has 1 aliphatic rings. The Morgan fingerprint density at radius 1 is 1.08 bits per heavy atom. The lowest BCUT2D eigenvalue weighted by Gasteiger charge is -2.16. The Morgan fingerprint density at radius 2 is 1.84 bits per heavy atom. The first kappa shape index (κ1) is 17.4. The van der Waals surface area contributed by atoms with E-state index in [1.54, 1.807) is 6.07 Å². The second-order valence-electron chi connectivity index (χ2n) is 5.94. The zero-order valence-corrected chi connectivity index (χ0v) is 14.2. The summed E-state index contributed by atoms with van der Waals surface area (Å²) in [5.74, 6) is -1.59. The van der Waals surface area contributed by atoms with Crippen molar-refractivity contribution in [3.05, 3.63) is 63.9 Å². The second kappa shape index (κ2) is 7.66. The van der Waals surface area contributed by atoms with Gasteiger partial charge in [-0.15, -0.1) is 0 Å². The number of hydrogen-bond donors (Lipinski definition) is 1. The number of hydrogen-bond acceptors (Lipinski definition) is 3. The molecule has 0 heterocycles. The summed E-state index contributed by atoms with van der Waals surface area (Å²) in [6.45, 7) is -0.441. The Kier molecular flexibility index (Phi) is 5.34. The summed E-state index contributed by atoms with van der Waals surface area (Å²) in [5.41, 5.74) is 3.14. The van der Waals surface area contributed by atoms with Gasteiger partial charge in [0.1, 0.15) is 5.82 Å². The van der Waals surface area contributed by atoms with Crippen LogP contribution in [0.2, 0.25) is 5.02 Å². The van der Waals surface area contributed by atoms with Crippen molar-refractivity contribution < 1.29 is 18.7 Å². The minimum absolute atomic E-state index is 0.0781. The fourth-order valence-electron chi connectivity index (χ4n) is 2.85. The minimum atomic E-state index is -0.547. The number of nitrogens with one attached hydrogen (secondary N) is 1. The number of amides is 1. The Balaban J connectivity index is 1.57. The Morgan fingerprint density at radius 3 is 2.60 bits per heavy atom.